The van der Waals surface area contributed by atoms with Gasteiger partial charge in [0.05, 0.1) is 5.71 Å². The Morgan fingerprint density at radius 3 is 2.67 bits per heavy atom. The number of aromatic hydroxyl groups is 1. The fourth-order valence-corrected chi connectivity index (χ4v) is 1.57. The first-order valence-corrected chi connectivity index (χ1v) is 6.32. The lowest BCUT2D eigenvalue weighted by Crippen LogP contribution is -2.19. The Kier molecular flexibility index (Phi) is 5.91. The van der Waals surface area contributed by atoms with Crippen LogP contribution in [0.4, 0.5) is 0 Å². The van der Waals surface area contributed by atoms with E-state index in [1.807, 2.05) is 19.9 Å². The second-order valence-corrected chi connectivity index (χ2v) is 4.07. The predicted octanol–water partition coefficient (Wildman–Crippen LogP) is 2.81. The maximum atomic E-state index is 11.5. The molecule has 0 atom stereocenters. The summed E-state index contributed by atoms with van der Waals surface area (Å²) in [6.45, 7) is 3.97. The van der Waals surface area contributed by atoms with Crippen molar-refractivity contribution in [2.75, 3.05) is 0 Å². The van der Waals surface area contributed by atoms with Crippen molar-refractivity contribution >= 4 is 11.6 Å². The molecule has 0 radical (unpaired) electrons. The molecule has 4 heteroatoms. The number of rotatable bonds is 6. The second-order valence-electron chi connectivity index (χ2n) is 4.07. The molecule has 0 unspecified atom stereocenters. The van der Waals surface area contributed by atoms with Gasteiger partial charge < -0.3 is 5.11 Å². The number of hydrazone groups is 1. The summed E-state index contributed by atoms with van der Waals surface area (Å²) in [5.41, 5.74) is 3.87. The number of carbonyl (C=O) groups is 1. The van der Waals surface area contributed by atoms with Gasteiger partial charge in [0, 0.05) is 12.0 Å². The molecule has 1 aromatic rings. The van der Waals surface area contributed by atoms with Gasteiger partial charge in [-0.15, -0.1) is 0 Å². The molecule has 1 aromatic carbocycles. The minimum absolute atomic E-state index is 0.0850. The summed E-state index contributed by atoms with van der Waals surface area (Å²) < 4.78 is 0. The molecule has 1 amide bonds. The number of phenolic OH excluding ortho intramolecular Hbond substituents is 1. The minimum Gasteiger partial charge on any atom is -0.507 e. The first kappa shape index (κ1) is 14.2. The van der Waals surface area contributed by atoms with Gasteiger partial charge in [0.1, 0.15) is 5.75 Å². The lowest BCUT2D eigenvalue weighted by Gasteiger charge is -2.06. The van der Waals surface area contributed by atoms with Crippen LogP contribution in [0.25, 0.3) is 0 Å². The highest BCUT2D eigenvalue weighted by Crippen LogP contribution is 2.17. The lowest BCUT2D eigenvalue weighted by molar-refractivity contribution is -0.121. The summed E-state index contributed by atoms with van der Waals surface area (Å²) in [6.07, 6.45) is 2.97. The smallest absolute Gasteiger partial charge is 0.240 e. The van der Waals surface area contributed by atoms with E-state index in [-0.39, 0.29) is 11.7 Å². The van der Waals surface area contributed by atoms with E-state index >= 15 is 0 Å². The molecule has 0 saturated heterocycles. The van der Waals surface area contributed by atoms with Crippen LogP contribution in [0.15, 0.2) is 29.4 Å². The minimum atomic E-state index is -0.0850. The van der Waals surface area contributed by atoms with Crippen LogP contribution >= 0.6 is 0 Å². The first-order valence-electron chi connectivity index (χ1n) is 6.32. The van der Waals surface area contributed by atoms with Gasteiger partial charge in [-0.25, -0.2) is 5.43 Å². The summed E-state index contributed by atoms with van der Waals surface area (Å²) in [5.74, 6) is 0.0964. The fraction of sp³-hybridized carbons (Fsp3) is 0.429. The highest BCUT2D eigenvalue weighted by Gasteiger charge is 2.07. The molecule has 98 valence electrons. The maximum absolute atomic E-state index is 11.5. The van der Waals surface area contributed by atoms with E-state index in [9.17, 15) is 9.90 Å². The molecule has 0 heterocycles. The van der Waals surface area contributed by atoms with Crippen molar-refractivity contribution in [1.29, 1.82) is 0 Å². The Morgan fingerprint density at radius 2 is 2.06 bits per heavy atom. The van der Waals surface area contributed by atoms with Crippen LogP contribution in [0.2, 0.25) is 0 Å². The van der Waals surface area contributed by atoms with Crippen LogP contribution in [0, 0.1) is 0 Å². The van der Waals surface area contributed by atoms with Gasteiger partial charge in [-0.05, 0) is 25.0 Å². The van der Waals surface area contributed by atoms with E-state index in [2.05, 4.69) is 10.5 Å². The van der Waals surface area contributed by atoms with Crippen molar-refractivity contribution < 1.29 is 9.90 Å². The Morgan fingerprint density at radius 1 is 1.33 bits per heavy atom. The fourth-order valence-electron chi connectivity index (χ4n) is 1.57. The maximum Gasteiger partial charge on any atom is 0.240 e. The van der Waals surface area contributed by atoms with Gasteiger partial charge in [0.2, 0.25) is 5.91 Å². The summed E-state index contributed by atoms with van der Waals surface area (Å²) in [4.78, 5) is 11.5. The highest BCUT2D eigenvalue weighted by atomic mass is 16.3. The van der Waals surface area contributed by atoms with Crippen molar-refractivity contribution in [3.8, 4) is 5.75 Å². The number of para-hydroxylation sites is 1. The van der Waals surface area contributed by atoms with Gasteiger partial charge in [-0.2, -0.15) is 5.10 Å². The van der Waals surface area contributed by atoms with Crippen LogP contribution in [-0.2, 0) is 4.79 Å². The Balaban J connectivity index is 2.72. The second kappa shape index (κ2) is 7.48. The van der Waals surface area contributed by atoms with Crippen LogP contribution < -0.4 is 5.43 Å². The molecule has 0 aromatic heterocycles. The van der Waals surface area contributed by atoms with Gasteiger partial charge in [-0.1, -0.05) is 32.4 Å². The van der Waals surface area contributed by atoms with Crippen molar-refractivity contribution in [3.63, 3.8) is 0 Å². The molecule has 2 N–H and O–H groups in total. The lowest BCUT2D eigenvalue weighted by atomic mass is 10.1. The molecule has 0 spiro atoms. The zero-order chi connectivity index (χ0) is 13.4. The number of hydrogen-bond acceptors (Lipinski definition) is 3. The summed E-state index contributed by atoms with van der Waals surface area (Å²) >= 11 is 0. The van der Waals surface area contributed by atoms with E-state index in [0.29, 0.717) is 24.1 Å². The molecule has 0 saturated carbocycles. The van der Waals surface area contributed by atoms with E-state index < -0.39 is 0 Å². The van der Waals surface area contributed by atoms with E-state index in [1.165, 1.54) is 0 Å². The third-order valence-electron chi connectivity index (χ3n) is 2.62. The van der Waals surface area contributed by atoms with Crippen molar-refractivity contribution in [3.05, 3.63) is 29.8 Å². The standard InChI is InChI=1S/C14H20N2O2/c1-3-5-10-14(18)16-15-12(4-2)11-8-6-7-9-13(11)17/h6-9,17H,3-5,10H2,1-2H3,(H,16,18). The van der Waals surface area contributed by atoms with Crippen molar-refractivity contribution in [2.45, 2.75) is 39.5 Å². The van der Waals surface area contributed by atoms with E-state index in [0.717, 1.165) is 12.8 Å². The molecular weight excluding hydrogens is 228 g/mol. The Hall–Kier alpha value is -1.84. The van der Waals surface area contributed by atoms with Gasteiger partial charge in [0.25, 0.3) is 0 Å². The van der Waals surface area contributed by atoms with Gasteiger partial charge in [-0.3, -0.25) is 4.79 Å². The van der Waals surface area contributed by atoms with Gasteiger partial charge >= 0.3 is 0 Å². The highest BCUT2D eigenvalue weighted by molar-refractivity contribution is 6.03. The normalized spacial score (nSPS) is 11.3. The number of amides is 1. The molecule has 0 bridgehead atoms. The molecule has 18 heavy (non-hydrogen) atoms. The molecule has 1 rings (SSSR count). The first-order chi connectivity index (χ1) is 8.69. The van der Waals surface area contributed by atoms with Gasteiger partial charge in [0.15, 0.2) is 0 Å². The number of carbonyl (C=O) groups excluding carboxylic acids is 1. The number of nitrogens with zero attached hydrogens (tertiary/aromatic N) is 1. The molecule has 0 aliphatic rings. The van der Waals surface area contributed by atoms with Crippen LogP contribution in [0.1, 0.15) is 45.1 Å². The quantitative estimate of drug-likeness (QED) is 0.600. The third kappa shape index (κ3) is 4.20. The van der Waals surface area contributed by atoms with Crippen LogP contribution in [0.5, 0.6) is 5.75 Å². The summed E-state index contributed by atoms with van der Waals surface area (Å²) in [7, 11) is 0. The Bertz CT molecular complexity index is 428. The molecular formula is C14H20N2O2. The molecule has 0 aliphatic carbocycles. The number of nitrogens with one attached hydrogen (secondary N) is 1. The monoisotopic (exact) mass is 248 g/mol. The average molecular weight is 248 g/mol. The van der Waals surface area contributed by atoms with E-state index in [1.54, 1.807) is 18.2 Å². The van der Waals surface area contributed by atoms with Crippen LogP contribution in [0.3, 0.4) is 0 Å². The largest absolute Gasteiger partial charge is 0.507 e. The zero-order valence-electron chi connectivity index (χ0n) is 10.9. The number of benzene rings is 1. The topological polar surface area (TPSA) is 61.7 Å². The Labute approximate surface area is 108 Å². The van der Waals surface area contributed by atoms with Crippen molar-refractivity contribution in [1.82, 2.24) is 5.43 Å². The number of hydrogen-bond donors (Lipinski definition) is 2. The third-order valence-corrected chi connectivity index (χ3v) is 2.62. The summed E-state index contributed by atoms with van der Waals surface area (Å²) in [6, 6.07) is 6.99. The average Bonchev–Trinajstić information content (AvgIpc) is 2.39. The van der Waals surface area contributed by atoms with Crippen LogP contribution in [-0.4, -0.2) is 16.7 Å². The number of unbranched alkanes of at least 4 members (excludes halogenated alkanes) is 1. The molecule has 0 fully saturated rings. The van der Waals surface area contributed by atoms with E-state index in [4.69, 9.17) is 0 Å². The molecule has 0 aliphatic heterocycles. The van der Waals surface area contributed by atoms with Crippen molar-refractivity contribution in [2.24, 2.45) is 5.10 Å². The predicted molar refractivity (Wildman–Crippen MR) is 72.6 cm³/mol. The molecule has 4 nitrogen and oxygen atoms in total. The zero-order valence-corrected chi connectivity index (χ0v) is 10.9. The SMILES string of the molecule is CCCCC(=O)NN=C(CC)c1ccccc1O. The number of phenols is 1. The summed E-state index contributed by atoms with van der Waals surface area (Å²) in [5, 5.41) is 13.8.